The van der Waals surface area contributed by atoms with E-state index in [0.29, 0.717) is 34.8 Å². The zero-order chi connectivity index (χ0) is 20.1. The second-order valence-electron chi connectivity index (χ2n) is 6.46. The molecule has 1 aromatic heterocycles. The van der Waals surface area contributed by atoms with Crippen molar-refractivity contribution < 1.29 is 14.3 Å². The first-order chi connectivity index (χ1) is 13.4. The van der Waals surface area contributed by atoms with Gasteiger partial charge in [0.15, 0.2) is 11.9 Å². The standard InChI is InChI=1S/C21H21ClN2O4/c1-13-12-15(22)9-10-18(13)27-11-5-8-19(25)28-14(2)20-23-17-7-4-3-6-16(17)21(26)24-20/h3-4,6-7,9-10,12,14H,5,8,11H2,1-2H3,(H,23,24,26)/t14-/m1/s1. The van der Waals surface area contributed by atoms with Crippen molar-refractivity contribution in [1.29, 1.82) is 0 Å². The molecule has 0 saturated heterocycles. The molecule has 1 N–H and O–H groups in total. The molecule has 0 unspecified atom stereocenters. The van der Waals surface area contributed by atoms with E-state index >= 15 is 0 Å². The summed E-state index contributed by atoms with van der Waals surface area (Å²) < 4.78 is 11.1. The smallest absolute Gasteiger partial charge is 0.306 e. The Hall–Kier alpha value is -2.86. The minimum absolute atomic E-state index is 0.203. The molecular weight excluding hydrogens is 380 g/mol. The van der Waals surface area contributed by atoms with Crippen molar-refractivity contribution >= 4 is 28.5 Å². The first-order valence-electron chi connectivity index (χ1n) is 9.01. The van der Waals surface area contributed by atoms with Crippen LogP contribution in [0.2, 0.25) is 5.02 Å². The number of carbonyl (C=O) groups excluding carboxylic acids is 1. The van der Waals surface area contributed by atoms with E-state index in [2.05, 4.69) is 9.97 Å². The van der Waals surface area contributed by atoms with Crippen LogP contribution in [-0.2, 0) is 9.53 Å². The number of aromatic nitrogens is 2. The molecule has 0 aliphatic rings. The molecule has 6 nitrogen and oxygen atoms in total. The van der Waals surface area contributed by atoms with Crippen LogP contribution in [0.3, 0.4) is 0 Å². The summed E-state index contributed by atoms with van der Waals surface area (Å²) >= 11 is 5.92. The maximum atomic E-state index is 12.1. The number of H-pyrrole nitrogens is 1. The predicted octanol–water partition coefficient (Wildman–Crippen LogP) is 4.35. The minimum Gasteiger partial charge on any atom is -0.493 e. The van der Waals surface area contributed by atoms with Gasteiger partial charge < -0.3 is 14.5 Å². The Morgan fingerprint density at radius 3 is 2.82 bits per heavy atom. The third kappa shape index (κ3) is 4.89. The van der Waals surface area contributed by atoms with E-state index in [1.807, 2.05) is 13.0 Å². The van der Waals surface area contributed by atoms with E-state index in [-0.39, 0.29) is 17.9 Å². The topological polar surface area (TPSA) is 81.3 Å². The van der Waals surface area contributed by atoms with Crippen molar-refractivity contribution in [2.45, 2.75) is 32.8 Å². The molecule has 0 bridgehead atoms. The van der Waals surface area contributed by atoms with Crippen molar-refractivity contribution in [2.75, 3.05) is 6.61 Å². The van der Waals surface area contributed by atoms with Crippen LogP contribution in [0.15, 0.2) is 47.3 Å². The van der Waals surface area contributed by atoms with Gasteiger partial charge >= 0.3 is 5.97 Å². The Labute approximate surface area is 167 Å². The van der Waals surface area contributed by atoms with Crippen LogP contribution in [-0.4, -0.2) is 22.5 Å². The third-order valence-corrected chi connectivity index (χ3v) is 4.48. The van der Waals surface area contributed by atoms with Crippen LogP contribution in [0.5, 0.6) is 5.75 Å². The number of hydrogen-bond donors (Lipinski definition) is 1. The fourth-order valence-corrected chi connectivity index (χ4v) is 3.01. The lowest BCUT2D eigenvalue weighted by Crippen LogP contribution is -2.17. The summed E-state index contributed by atoms with van der Waals surface area (Å²) in [6, 6.07) is 12.4. The average Bonchev–Trinajstić information content (AvgIpc) is 2.66. The number of aromatic amines is 1. The number of carbonyl (C=O) groups is 1. The highest BCUT2D eigenvalue weighted by molar-refractivity contribution is 6.30. The zero-order valence-electron chi connectivity index (χ0n) is 15.7. The summed E-state index contributed by atoms with van der Waals surface area (Å²) in [6.45, 7) is 3.98. The number of nitrogens with zero attached hydrogens (tertiary/aromatic N) is 1. The molecule has 0 amide bonds. The van der Waals surface area contributed by atoms with Crippen LogP contribution >= 0.6 is 11.6 Å². The molecule has 0 spiro atoms. The molecule has 3 aromatic rings. The maximum absolute atomic E-state index is 12.1. The van der Waals surface area contributed by atoms with E-state index in [9.17, 15) is 9.59 Å². The van der Waals surface area contributed by atoms with E-state index in [0.717, 1.165) is 11.3 Å². The molecule has 2 aromatic carbocycles. The van der Waals surface area contributed by atoms with Crippen LogP contribution in [0.1, 0.15) is 37.3 Å². The highest BCUT2D eigenvalue weighted by atomic mass is 35.5. The minimum atomic E-state index is -0.649. The van der Waals surface area contributed by atoms with E-state index < -0.39 is 6.10 Å². The lowest BCUT2D eigenvalue weighted by Gasteiger charge is -2.13. The molecule has 0 saturated carbocycles. The largest absolute Gasteiger partial charge is 0.493 e. The summed E-state index contributed by atoms with van der Waals surface area (Å²) in [4.78, 5) is 31.3. The second kappa shape index (κ2) is 8.89. The van der Waals surface area contributed by atoms with Crippen molar-refractivity contribution in [2.24, 2.45) is 0 Å². The molecule has 0 fully saturated rings. The van der Waals surface area contributed by atoms with Crippen LogP contribution in [0, 0.1) is 6.92 Å². The van der Waals surface area contributed by atoms with Gasteiger partial charge in [-0.15, -0.1) is 0 Å². The van der Waals surface area contributed by atoms with Crippen LogP contribution < -0.4 is 10.3 Å². The fourth-order valence-electron chi connectivity index (χ4n) is 2.78. The molecule has 28 heavy (non-hydrogen) atoms. The van der Waals surface area contributed by atoms with Crippen LogP contribution in [0.25, 0.3) is 10.9 Å². The molecular formula is C21H21ClN2O4. The van der Waals surface area contributed by atoms with E-state index in [1.165, 1.54) is 0 Å². The van der Waals surface area contributed by atoms with Gasteiger partial charge in [-0.1, -0.05) is 23.7 Å². The van der Waals surface area contributed by atoms with E-state index in [4.69, 9.17) is 21.1 Å². The first-order valence-corrected chi connectivity index (χ1v) is 9.39. The van der Waals surface area contributed by atoms with Gasteiger partial charge in [0.2, 0.25) is 0 Å². The Bertz CT molecular complexity index is 1050. The highest BCUT2D eigenvalue weighted by Gasteiger charge is 2.15. The lowest BCUT2D eigenvalue weighted by molar-refractivity contribution is -0.149. The zero-order valence-corrected chi connectivity index (χ0v) is 16.5. The second-order valence-corrected chi connectivity index (χ2v) is 6.90. The number of halogens is 1. The molecule has 0 radical (unpaired) electrons. The van der Waals surface area contributed by atoms with Crippen molar-refractivity contribution in [3.63, 3.8) is 0 Å². The number of hydrogen-bond acceptors (Lipinski definition) is 5. The van der Waals surface area contributed by atoms with Gasteiger partial charge in [-0.3, -0.25) is 9.59 Å². The SMILES string of the molecule is Cc1cc(Cl)ccc1OCCCC(=O)O[C@H](C)c1nc2ccccc2c(=O)[nH]1. The van der Waals surface area contributed by atoms with Gasteiger partial charge in [-0.25, -0.2) is 4.98 Å². The highest BCUT2D eigenvalue weighted by Crippen LogP contribution is 2.22. The van der Waals surface area contributed by atoms with Gasteiger partial charge in [0.25, 0.3) is 5.56 Å². The van der Waals surface area contributed by atoms with Gasteiger partial charge in [0.05, 0.1) is 17.5 Å². The number of fused-ring (bicyclic) bond motifs is 1. The van der Waals surface area contributed by atoms with Crippen LogP contribution in [0.4, 0.5) is 0 Å². The Balaban J connectivity index is 1.51. The normalized spacial score (nSPS) is 12.0. The first kappa shape index (κ1) is 19.9. The number of aryl methyl sites for hydroxylation is 1. The van der Waals surface area contributed by atoms with Gasteiger partial charge in [-0.05, 0) is 56.2 Å². The Kier molecular flexibility index (Phi) is 6.31. The molecule has 146 valence electrons. The molecule has 1 atom stereocenters. The van der Waals surface area contributed by atoms with Crippen molar-refractivity contribution in [1.82, 2.24) is 9.97 Å². The van der Waals surface area contributed by atoms with Crippen molar-refractivity contribution in [3.8, 4) is 5.75 Å². The summed E-state index contributed by atoms with van der Waals surface area (Å²) in [5.74, 6) is 0.689. The number of rotatable bonds is 7. The van der Waals surface area contributed by atoms with E-state index in [1.54, 1.807) is 43.3 Å². The van der Waals surface area contributed by atoms with Crippen molar-refractivity contribution in [3.05, 3.63) is 69.2 Å². The molecule has 7 heteroatoms. The summed E-state index contributed by atoms with van der Waals surface area (Å²) in [7, 11) is 0. The molecule has 3 rings (SSSR count). The maximum Gasteiger partial charge on any atom is 0.306 e. The Morgan fingerprint density at radius 1 is 1.25 bits per heavy atom. The fraction of sp³-hybridized carbons (Fsp3) is 0.286. The quantitative estimate of drug-likeness (QED) is 0.471. The van der Waals surface area contributed by atoms with Gasteiger partial charge in [0, 0.05) is 11.4 Å². The lowest BCUT2D eigenvalue weighted by atomic mass is 10.2. The number of benzene rings is 2. The molecule has 0 aliphatic heterocycles. The van der Waals surface area contributed by atoms with Gasteiger partial charge in [-0.2, -0.15) is 0 Å². The Morgan fingerprint density at radius 2 is 2.04 bits per heavy atom. The summed E-state index contributed by atoms with van der Waals surface area (Å²) in [5.41, 5.74) is 1.25. The number of nitrogens with one attached hydrogen (secondary N) is 1. The number of esters is 1. The molecule has 1 heterocycles. The summed E-state index contributed by atoms with van der Waals surface area (Å²) in [5, 5.41) is 1.15. The number of para-hydroxylation sites is 1. The average molecular weight is 401 g/mol. The predicted molar refractivity (Wildman–Crippen MR) is 108 cm³/mol. The monoisotopic (exact) mass is 400 g/mol. The molecule has 0 aliphatic carbocycles. The number of ether oxygens (including phenoxy) is 2. The third-order valence-electron chi connectivity index (χ3n) is 4.24. The summed E-state index contributed by atoms with van der Waals surface area (Å²) in [6.07, 6.45) is 0.0635. The van der Waals surface area contributed by atoms with Gasteiger partial charge in [0.1, 0.15) is 5.75 Å².